The third kappa shape index (κ3) is 4.98. The zero-order chi connectivity index (χ0) is 31.3. The summed E-state index contributed by atoms with van der Waals surface area (Å²) in [7, 11) is 0. The van der Waals surface area contributed by atoms with Gasteiger partial charge in [0, 0.05) is 37.4 Å². The molecule has 0 radical (unpaired) electrons. The van der Waals surface area contributed by atoms with E-state index >= 15 is 0 Å². The number of carbonyl (C=O) groups excluding carboxylic acids is 3. The van der Waals surface area contributed by atoms with E-state index in [4.69, 9.17) is 0 Å². The first-order valence-electron chi connectivity index (χ1n) is 15.5. The van der Waals surface area contributed by atoms with E-state index in [-0.39, 0.29) is 54.7 Å². The van der Waals surface area contributed by atoms with E-state index in [1.165, 1.54) is 15.9 Å². The van der Waals surface area contributed by atoms with Gasteiger partial charge >= 0.3 is 0 Å². The van der Waals surface area contributed by atoms with Gasteiger partial charge in [-0.1, -0.05) is 55.0 Å². The van der Waals surface area contributed by atoms with Crippen LogP contribution in [0.5, 0.6) is 0 Å². The standard InChI is InChI=1S/C36H32F2N4O3/c37-25-16-29(38)27-18-31(40-30(27)17-25)34(44)41-12-6-2-5-9-23-10-11-24-15-33(43)36(28(24)13-23)19-26(20-39)42(21-36)35(45)32(41)14-22-7-3-1-4-8-22/h1,3-4,7-8,10-11,13,16-18,26,32,40H,2,5-6,9,12,14-15,19,21H2/t26-,32-,36-/m0/s1. The maximum Gasteiger partial charge on any atom is 0.270 e. The normalized spacial score (nSPS) is 23.3. The number of hydrogen-bond donors (Lipinski definition) is 1. The molecule has 3 aromatic carbocycles. The van der Waals surface area contributed by atoms with Crippen LogP contribution >= 0.6 is 0 Å². The van der Waals surface area contributed by atoms with E-state index < -0.39 is 40.9 Å². The Balaban J connectivity index is 1.33. The van der Waals surface area contributed by atoms with Crippen LogP contribution in [0, 0.1) is 23.0 Å². The Morgan fingerprint density at radius 1 is 1.02 bits per heavy atom. The molecule has 0 unspecified atom stereocenters. The Hall–Kier alpha value is -4.84. The second-order valence-corrected chi connectivity index (χ2v) is 12.5. The zero-order valence-corrected chi connectivity index (χ0v) is 24.7. The molecule has 2 aliphatic heterocycles. The molecule has 3 atom stereocenters. The number of aromatic nitrogens is 1. The highest BCUT2D eigenvalue weighted by Crippen LogP contribution is 2.46. The lowest BCUT2D eigenvalue weighted by molar-refractivity contribution is -0.136. The number of nitrogens with one attached hydrogen (secondary N) is 1. The number of aryl methyl sites for hydroxylation is 1. The van der Waals surface area contributed by atoms with E-state index in [0.717, 1.165) is 53.6 Å². The number of nitriles is 1. The van der Waals surface area contributed by atoms with Crippen molar-refractivity contribution < 1.29 is 23.2 Å². The third-order valence-electron chi connectivity index (χ3n) is 9.81. The zero-order valence-electron chi connectivity index (χ0n) is 24.7. The number of hydrogen-bond acceptors (Lipinski definition) is 4. The molecular weight excluding hydrogens is 574 g/mol. The largest absolute Gasteiger partial charge is 0.350 e. The summed E-state index contributed by atoms with van der Waals surface area (Å²) in [5, 5.41) is 10.4. The molecule has 1 spiro atoms. The van der Waals surface area contributed by atoms with Crippen LogP contribution in [0.4, 0.5) is 8.78 Å². The summed E-state index contributed by atoms with van der Waals surface area (Å²) in [4.78, 5) is 48.6. The Morgan fingerprint density at radius 3 is 2.64 bits per heavy atom. The van der Waals surface area contributed by atoms with Crippen molar-refractivity contribution in [3.05, 3.63) is 106 Å². The van der Waals surface area contributed by atoms with E-state index in [1.54, 1.807) is 0 Å². The van der Waals surface area contributed by atoms with Crippen LogP contribution in [-0.2, 0) is 34.3 Å². The number of halogens is 2. The summed E-state index contributed by atoms with van der Waals surface area (Å²) < 4.78 is 28.6. The highest BCUT2D eigenvalue weighted by atomic mass is 19.1. The molecule has 3 heterocycles. The van der Waals surface area contributed by atoms with Crippen molar-refractivity contribution >= 4 is 28.5 Å². The summed E-state index contributed by atoms with van der Waals surface area (Å²) >= 11 is 0. The molecule has 1 aromatic heterocycles. The Labute approximate surface area is 259 Å². The van der Waals surface area contributed by atoms with Crippen molar-refractivity contribution in [1.82, 2.24) is 14.8 Å². The van der Waals surface area contributed by atoms with E-state index in [2.05, 4.69) is 23.2 Å². The highest BCUT2D eigenvalue weighted by Gasteiger charge is 2.56. The molecule has 228 valence electrons. The minimum absolute atomic E-state index is 0.0113. The summed E-state index contributed by atoms with van der Waals surface area (Å²) in [6.45, 7) is 0.317. The van der Waals surface area contributed by atoms with Crippen molar-refractivity contribution in [1.29, 1.82) is 5.26 Å². The number of rotatable bonds is 3. The Kier molecular flexibility index (Phi) is 7.23. The second-order valence-electron chi connectivity index (χ2n) is 12.5. The molecule has 7 rings (SSSR count). The minimum Gasteiger partial charge on any atom is -0.350 e. The second kappa shape index (κ2) is 11.3. The lowest BCUT2D eigenvalue weighted by Crippen LogP contribution is -2.54. The lowest BCUT2D eigenvalue weighted by atomic mass is 9.78. The molecule has 7 nitrogen and oxygen atoms in total. The molecule has 9 heteroatoms. The van der Waals surface area contributed by atoms with Crippen LogP contribution in [0.1, 0.15) is 58.4 Å². The van der Waals surface area contributed by atoms with Crippen LogP contribution < -0.4 is 0 Å². The van der Waals surface area contributed by atoms with Gasteiger partial charge in [-0.15, -0.1) is 0 Å². The molecular formula is C36H32F2N4O3. The maximum atomic E-state index is 14.7. The van der Waals surface area contributed by atoms with E-state index in [0.29, 0.717) is 6.42 Å². The van der Waals surface area contributed by atoms with Gasteiger partial charge < -0.3 is 14.8 Å². The quantitative estimate of drug-likeness (QED) is 0.337. The number of nitrogens with zero attached hydrogens (tertiary/aromatic N) is 3. The summed E-state index contributed by atoms with van der Waals surface area (Å²) in [5.74, 6) is -2.47. The molecule has 1 fully saturated rings. The number of ketones is 1. The van der Waals surface area contributed by atoms with Crippen molar-refractivity contribution in [3.63, 3.8) is 0 Å². The van der Waals surface area contributed by atoms with Crippen LogP contribution in [-0.4, -0.2) is 57.6 Å². The molecule has 2 amide bonds. The van der Waals surface area contributed by atoms with E-state index in [1.807, 2.05) is 36.4 Å². The van der Waals surface area contributed by atoms with Gasteiger partial charge in [-0.05, 0) is 60.1 Å². The van der Waals surface area contributed by atoms with Gasteiger partial charge in [-0.25, -0.2) is 8.78 Å². The molecule has 4 bridgehead atoms. The van der Waals surface area contributed by atoms with Gasteiger partial charge in [-0.2, -0.15) is 5.26 Å². The predicted molar refractivity (Wildman–Crippen MR) is 163 cm³/mol. The van der Waals surface area contributed by atoms with Gasteiger partial charge in [0.2, 0.25) is 5.91 Å². The smallest absolute Gasteiger partial charge is 0.270 e. The van der Waals surface area contributed by atoms with E-state index in [9.17, 15) is 28.4 Å². The number of amides is 2. The van der Waals surface area contributed by atoms with Crippen LogP contribution in [0.2, 0.25) is 0 Å². The molecule has 1 N–H and O–H groups in total. The van der Waals surface area contributed by atoms with Crippen molar-refractivity contribution in [2.75, 3.05) is 13.1 Å². The number of H-pyrrole nitrogens is 1. The molecule has 0 saturated carbocycles. The van der Waals surface area contributed by atoms with Gasteiger partial charge in [0.05, 0.1) is 17.0 Å². The molecule has 1 saturated heterocycles. The average molecular weight is 607 g/mol. The lowest BCUT2D eigenvalue weighted by Gasteiger charge is -2.35. The number of aromatic amines is 1. The van der Waals surface area contributed by atoms with Gasteiger partial charge in [-0.3, -0.25) is 14.4 Å². The maximum absolute atomic E-state index is 14.7. The topological polar surface area (TPSA) is 97.3 Å². The number of fused-ring (bicyclic) bond motifs is 3. The fraction of sp³-hybridized carbons (Fsp3) is 0.333. The molecule has 1 aliphatic carbocycles. The van der Waals surface area contributed by atoms with Crippen LogP contribution in [0.3, 0.4) is 0 Å². The summed E-state index contributed by atoms with van der Waals surface area (Å²) in [6.07, 6.45) is 3.72. The van der Waals surface area contributed by atoms with Crippen molar-refractivity contribution in [3.8, 4) is 6.07 Å². The molecule has 3 aliphatic rings. The molecule has 45 heavy (non-hydrogen) atoms. The fourth-order valence-electron chi connectivity index (χ4n) is 7.50. The van der Waals surface area contributed by atoms with Crippen molar-refractivity contribution in [2.24, 2.45) is 0 Å². The highest BCUT2D eigenvalue weighted by molar-refractivity contribution is 6.02. The fourth-order valence-corrected chi connectivity index (χ4v) is 7.50. The first-order chi connectivity index (χ1) is 21.8. The summed E-state index contributed by atoms with van der Waals surface area (Å²) in [5.41, 5.74) is 3.03. The third-order valence-corrected chi connectivity index (χ3v) is 9.81. The predicted octanol–water partition coefficient (Wildman–Crippen LogP) is 5.41. The first-order valence-corrected chi connectivity index (χ1v) is 15.5. The Morgan fingerprint density at radius 2 is 1.84 bits per heavy atom. The van der Waals surface area contributed by atoms with Crippen molar-refractivity contribution in [2.45, 2.75) is 62.4 Å². The monoisotopic (exact) mass is 606 g/mol. The van der Waals surface area contributed by atoms with Gasteiger partial charge in [0.25, 0.3) is 5.91 Å². The number of Topliss-reactive ketones (excluding diaryl/α,β-unsaturated/α-hetero) is 1. The van der Waals surface area contributed by atoms with Gasteiger partial charge in [0.15, 0.2) is 0 Å². The Bertz CT molecular complexity index is 1880. The van der Waals surface area contributed by atoms with Gasteiger partial charge in [0.1, 0.15) is 35.2 Å². The van der Waals surface area contributed by atoms with Crippen LogP contribution in [0.15, 0.2) is 66.7 Å². The number of benzene rings is 3. The van der Waals surface area contributed by atoms with Crippen LogP contribution in [0.25, 0.3) is 10.9 Å². The first kappa shape index (κ1) is 28.9. The average Bonchev–Trinajstić information content (AvgIpc) is 3.72. The minimum atomic E-state index is -0.996. The summed E-state index contributed by atoms with van der Waals surface area (Å²) in [6, 6.07) is 19.2. The molecule has 4 aromatic rings. The number of carbonyl (C=O) groups is 3. The SMILES string of the molecule is N#C[C@@H]1C[C@]23CN1C(=O)[C@H](Cc1ccccc1)N(C(=O)c1cc4c(F)cc(F)cc4[nH]1)CCCCCc1ccc(c2c1)CC3=O.